The maximum atomic E-state index is 11.4. The average molecular weight is 369 g/mol. The van der Waals surface area contributed by atoms with E-state index in [1.54, 1.807) is 0 Å². The highest BCUT2D eigenvalue weighted by Crippen LogP contribution is 2.52. The van der Waals surface area contributed by atoms with Crippen LogP contribution in [0.2, 0.25) is 0 Å². The Morgan fingerprint density at radius 2 is 1.08 bits per heavy atom. The summed E-state index contributed by atoms with van der Waals surface area (Å²) in [4.78, 5) is 21.9. The van der Waals surface area contributed by atoms with Crippen LogP contribution in [-0.4, -0.2) is 22.2 Å². The first-order valence-electron chi connectivity index (χ1n) is 11.0. The Balaban J connectivity index is 2.00. The molecule has 0 radical (unpaired) electrons. The van der Waals surface area contributed by atoms with E-state index in [1.165, 1.54) is 64.2 Å². The van der Waals surface area contributed by atoms with Gasteiger partial charge >= 0.3 is 11.9 Å². The summed E-state index contributed by atoms with van der Waals surface area (Å²) in [5.74, 6) is -0.777. The molecule has 3 atom stereocenters. The van der Waals surface area contributed by atoms with Gasteiger partial charge in [-0.2, -0.15) is 0 Å². The van der Waals surface area contributed by atoms with E-state index < -0.39 is 11.9 Å². The predicted molar refractivity (Wildman–Crippen MR) is 105 cm³/mol. The second-order valence-electron chi connectivity index (χ2n) is 8.16. The quantitative estimate of drug-likeness (QED) is 0.279. The summed E-state index contributed by atoms with van der Waals surface area (Å²) in [5.41, 5.74) is 0. The Morgan fingerprint density at radius 1 is 0.654 bits per heavy atom. The van der Waals surface area contributed by atoms with Crippen molar-refractivity contribution in [3.8, 4) is 0 Å². The highest BCUT2D eigenvalue weighted by Gasteiger charge is 2.53. The maximum absolute atomic E-state index is 11.4. The molecule has 0 aromatic heterocycles. The van der Waals surface area contributed by atoms with Gasteiger partial charge in [-0.05, 0) is 31.1 Å². The first kappa shape index (κ1) is 23.0. The van der Waals surface area contributed by atoms with Crippen LogP contribution in [0.3, 0.4) is 0 Å². The molecule has 3 unspecified atom stereocenters. The second-order valence-corrected chi connectivity index (χ2v) is 8.16. The van der Waals surface area contributed by atoms with Crippen molar-refractivity contribution in [2.45, 2.75) is 110 Å². The largest absolute Gasteiger partial charge is 0.481 e. The number of hydrogen-bond acceptors (Lipinski definition) is 2. The molecule has 1 aliphatic rings. The van der Waals surface area contributed by atoms with Crippen LogP contribution in [0.5, 0.6) is 0 Å². The molecular formula is C22H40O4. The molecule has 4 heteroatoms. The Labute approximate surface area is 159 Å². The van der Waals surface area contributed by atoms with Gasteiger partial charge < -0.3 is 10.2 Å². The molecule has 26 heavy (non-hydrogen) atoms. The zero-order valence-corrected chi connectivity index (χ0v) is 16.8. The summed E-state index contributed by atoms with van der Waals surface area (Å²) < 4.78 is 0. The minimum absolute atomic E-state index is 0.131. The topological polar surface area (TPSA) is 74.6 Å². The third-order valence-corrected chi connectivity index (χ3v) is 5.94. The third-order valence-electron chi connectivity index (χ3n) is 5.94. The van der Waals surface area contributed by atoms with Crippen molar-refractivity contribution < 1.29 is 19.8 Å². The van der Waals surface area contributed by atoms with Gasteiger partial charge in [0.15, 0.2) is 0 Å². The van der Waals surface area contributed by atoms with Crippen molar-refractivity contribution in [2.24, 2.45) is 17.8 Å². The van der Waals surface area contributed by atoms with Gasteiger partial charge in [0.25, 0.3) is 0 Å². The smallest absolute Gasteiger partial charge is 0.307 e. The Morgan fingerprint density at radius 3 is 1.50 bits per heavy atom. The molecule has 0 bridgehead atoms. The second kappa shape index (κ2) is 14.1. The van der Waals surface area contributed by atoms with Gasteiger partial charge in [-0.1, -0.05) is 84.0 Å². The summed E-state index contributed by atoms with van der Waals surface area (Å²) >= 11 is 0. The van der Waals surface area contributed by atoms with E-state index in [4.69, 9.17) is 5.11 Å². The van der Waals surface area contributed by atoms with Gasteiger partial charge in [-0.3, -0.25) is 9.59 Å². The molecule has 0 aliphatic heterocycles. The molecule has 1 rings (SSSR count). The van der Waals surface area contributed by atoms with Crippen molar-refractivity contribution in [3.05, 3.63) is 0 Å². The molecule has 4 nitrogen and oxygen atoms in total. The molecule has 152 valence electrons. The number of rotatable bonds is 18. The minimum Gasteiger partial charge on any atom is -0.481 e. The molecule has 0 aromatic carbocycles. The van der Waals surface area contributed by atoms with Crippen molar-refractivity contribution in [2.75, 3.05) is 0 Å². The molecule has 0 spiro atoms. The van der Waals surface area contributed by atoms with Gasteiger partial charge in [0.1, 0.15) is 0 Å². The van der Waals surface area contributed by atoms with Crippen LogP contribution in [0.25, 0.3) is 0 Å². The molecule has 0 aromatic rings. The average Bonchev–Trinajstić information content (AvgIpc) is 3.29. The van der Waals surface area contributed by atoms with Gasteiger partial charge in [0.2, 0.25) is 0 Å². The van der Waals surface area contributed by atoms with Crippen LogP contribution in [0.15, 0.2) is 0 Å². The molecule has 1 saturated carbocycles. The highest BCUT2D eigenvalue weighted by molar-refractivity contribution is 5.74. The predicted octanol–water partition coefficient (Wildman–Crippen LogP) is 6.28. The number of carboxylic acid groups (broad SMARTS) is 2. The summed E-state index contributed by atoms with van der Waals surface area (Å²) in [5, 5.41) is 18.0. The fourth-order valence-corrected chi connectivity index (χ4v) is 4.30. The first-order chi connectivity index (χ1) is 12.6. The first-order valence-corrected chi connectivity index (χ1v) is 11.0. The van der Waals surface area contributed by atoms with Crippen LogP contribution in [0.1, 0.15) is 110 Å². The summed E-state index contributed by atoms with van der Waals surface area (Å²) in [6.07, 6.45) is 18.0. The fourth-order valence-electron chi connectivity index (χ4n) is 4.30. The molecule has 0 amide bonds. The lowest BCUT2D eigenvalue weighted by molar-refractivity contribution is -0.139. The van der Waals surface area contributed by atoms with E-state index in [1.807, 2.05) is 0 Å². The van der Waals surface area contributed by atoms with Crippen molar-refractivity contribution in [3.63, 3.8) is 0 Å². The van der Waals surface area contributed by atoms with Gasteiger partial charge in [0, 0.05) is 6.42 Å². The molecular weight excluding hydrogens is 328 g/mol. The third kappa shape index (κ3) is 10.2. The van der Waals surface area contributed by atoms with Crippen LogP contribution >= 0.6 is 0 Å². The van der Waals surface area contributed by atoms with E-state index in [0.29, 0.717) is 18.3 Å². The van der Waals surface area contributed by atoms with Gasteiger partial charge in [-0.25, -0.2) is 0 Å². The Kier molecular flexibility index (Phi) is 12.4. The van der Waals surface area contributed by atoms with Crippen LogP contribution < -0.4 is 0 Å². The fraction of sp³-hybridized carbons (Fsp3) is 0.909. The number of carboxylic acids is 2. The normalized spacial score (nSPS) is 21.7. The lowest BCUT2D eigenvalue weighted by Crippen LogP contribution is -2.01. The number of carbonyl (C=O) groups is 2. The van der Waals surface area contributed by atoms with Crippen LogP contribution in [-0.2, 0) is 9.59 Å². The zero-order chi connectivity index (χ0) is 19.2. The zero-order valence-electron chi connectivity index (χ0n) is 16.8. The molecule has 1 fully saturated rings. The minimum atomic E-state index is -0.737. The van der Waals surface area contributed by atoms with Crippen LogP contribution in [0.4, 0.5) is 0 Å². The lowest BCUT2D eigenvalue weighted by atomic mass is 10.0. The molecule has 2 N–H and O–H groups in total. The highest BCUT2D eigenvalue weighted by atomic mass is 16.4. The van der Waals surface area contributed by atoms with Gasteiger partial charge in [-0.15, -0.1) is 0 Å². The monoisotopic (exact) mass is 368 g/mol. The van der Waals surface area contributed by atoms with Gasteiger partial charge in [0.05, 0.1) is 5.92 Å². The SMILES string of the molecule is CCCCCCCCCCCCC1C(CCCCCC(=O)O)C1C(=O)O. The Bertz CT molecular complexity index is 394. The number of unbranched alkanes of at least 4 members (excludes halogenated alkanes) is 11. The Hall–Kier alpha value is -1.06. The molecule has 0 saturated heterocycles. The van der Waals surface area contributed by atoms with E-state index >= 15 is 0 Å². The van der Waals surface area contributed by atoms with Crippen molar-refractivity contribution >= 4 is 11.9 Å². The molecule has 1 aliphatic carbocycles. The van der Waals surface area contributed by atoms with E-state index in [-0.39, 0.29) is 12.3 Å². The standard InChI is InChI=1S/C22H40O4/c1-2-3-4-5-6-7-8-9-10-12-15-18-19(21(18)22(25)26)16-13-11-14-17-20(23)24/h18-19,21H,2-17H2,1H3,(H,23,24)(H,25,26). The number of hydrogen-bond donors (Lipinski definition) is 2. The van der Waals surface area contributed by atoms with Crippen molar-refractivity contribution in [1.29, 1.82) is 0 Å². The van der Waals surface area contributed by atoms with E-state index in [0.717, 1.165) is 25.7 Å². The summed E-state index contributed by atoms with van der Waals surface area (Å²) in [7, 11) is 0. The summed E-state index contributed by atoms with van der Waals surface area (Å²) in [6, 6.07) is 0. The van der Waals surface area contributed by atoms with E-state index in [2.05, 4.69) is 6.92 Å². The molecule has 0 heterocycles. The maximum Gasteiger partial charge on any atom is 0.307 e. The summed E-state index contributed by atoms with van der Waals surface area (Å²) in [6.45, 7) is 2.25. The lowest BCUT2D eigenvalue weighted by Gasteiger charge is -2.03. The number of aliphatic carboxylic acids is 2. The van der Waals surface area contributed by atoms with E-state index in [9.17, 15) is 14.7 Å². The van der Waals surface area contributed by atoms with Crippen molar-refractivity contribution in [1.82, 2.24) is 0 Å². The van der Waals surface area contributed by atoms with Crippen LogP contribution in [0, 0.1) is 17.8 Å².